The number of piperazine rings is 1. The molecule has 2 heterocycles. The summed E-state index contributed by atoms with van der Waals surface area (Å²) in [5, 5.41) is 3.93. The molecule has 1 aliphatic heterocycles. The van der Waals surface area contributed by atoms with Crippen molar-refractivity contribution in [1.82, 2.24) is 14.9 Å². The van der Waals surface area contributed by atoms with Crippen LogP contribution in [0.3, 0.4) is 0 Å². The van der Waals surface area contributed by atoms with Gasteiger partial charge in [0.05, 0.1) is 19.7 Å². The van der Waals surface area contributed by atoms with Gasteiger partial charge in [0.1, 0.15) is 12.1 Å². The SMILES string of the molecule is COc1cc2ncnc(N3CCN(C(=O)Nc4cccc(C(C)C)c4)CC3)c2cc1OC. The Hall–Kier alpha value is -3.55. The number of nitrogens with zero attached hydrogens (tertiary/aromatic N) is 4. The number of urea groups is 1. The summed E-state index contributed by atoms with van der Waals surface area (Å²) < 4.78 is 10.8. The zero-order valence-corrected chi connectivity index (χ0v) is 19.0. The largest absolute Gasteiger partial charge is 0.493 e. The maximum atomic E-state index is 12.8. The molecule has 2 amide bonds. The Morgan fingerprint density at radius 1 is 1.00 bits per heavy atom. The molecule has 168 valence electrons. The molecule has 1 aromatic heterocycles. The quantitative estimate of drug-likeness (QED) is 0.649. The summed E-state index contributed by atoms with van der Waals surface area (Å²) in [6.45, 7) is 6.86. The smallest absolute Gasteiger partial charge is 0.321 e. The summed E-state index contributed by atoms with van der Waals surface area (Å²) in [7, 11) is 3.22. The molecule has 0 atom stereocenters. The predicted octanol–water partition coefficient (Wildman–Crippen LogP) is 4.12. The van der Waals surface area contributed by atoms with Gasteiger partial charge in [-0.05, 0) is 29.7 Å². The lowest BCUT2D eigenvalue weighted by Crippen LogP contribution is -2.50. The number of fused-ring (bicyclic) bond motifs is 1. The molecule has 8 heteroatoms. The van der Waals surface area contributed by atoms with Crippen molar-refractivity contribution < 1.29 is 14.3 Å². The fourth-order valence-corrected chi connectivity index (χ4v) is 3.92. The second-order valence-corrected chi connectivity index (χ2v) is 8.11. The summed E-state index contributed by atoms with van der Waals surface area (Å²) >= 11 is 0. The third-order valence-electron chi connectivity index (χ3n) is 5.79. The number of benzene rings is 2. The van der Waals surface area contributed by atoms with E-state index in [2.05, 4.69) is 40.1 Å². The zero-order valence-electron chi connectivity index (χ0n) is 19.0. The number of methoxy groups -OCH3 is 2. The van der Waals surface area contributed by atoms with Crippen molar-refractivity contribution in [2.75, 3.05) is 50.6 Å². The van der Waals surface area contributed by atoms with Crippen LogP contribution in [0.4, 0.5) is 16.3 Å². The van der Waals surface area contributed by atoms with Gasteiger partial charge in [0, 0.05) is 43.3 Å². The molecule has 2 aromatic carbocycles. The van der Waals surface area contributed by atoms with Gasteiger partial charge in [-0.2, -0.15) is 0 Å². The molecule has 1 aliphatic rings. The van der Waals surface area contributed by atoms with E-state index in [4.69, 9.17) is 9.47 Å². The summed E-state index contributed by atoms with van der Waals surface area (Å²) in [6.07, 6.45) is 1.56. The van der Waals surface area contributed by atoms with E-state index in [0.29, 0.717) is 43.6 Å². The third-order valence-corrected chi connectivity index (χ3v) is 5.79. The lowest BCUT2D eigenvalue weighted by atomic mass is 10.0. The molecule has 0 saturated carbocycles. The Balaban J connectivity index is 1.46. The summed E-state index contributed by atoms with van der Waals surface area (Å²) in [5.74, 6) is 2.52. The normalized spacial score (nSPS) is 14.0. The van der Waals surface area contributed by atoms with Crippen molar-refractivity contribution in [3.05, 3.63) is 48.3 Å². The number of carbonyl (C=O) groups excluding carboxylic acids is 1. The minimum absolute atomic E-state index is 0.0792. The first-order valence-electron chi connectivity index (χ1n) is 10.8. The first-order valence-corrected chi connectivity index (χ1v) is 10.8. The van der Waals surface area contributed by atoms with Crippen LogP contribution in [0.5, 0.6) is 11.5 Å². The number of ether oxygens (including phenoxy) is 2. The molecule has 0 radical (unpaired) electrons. The molecule has 8 nitrogen and oxygen atoms in total. The van der Waals surface area contributed by atoms with Gasteiger partial charge in [0.15, 0.2) is 11.5 Å². The number of nitrogens with one attached hydrogen (secondary N) is 1. The van der Waals surface area contributed by atoms with Gasteiger partial charge >= 0.3 is 6.03 Å². The van der Waals surface area contributed by atoms with Crippen molar-refractivity contribution >= 4 is 28.4 Å². The van der Waals surface area contributed by atoms with Gasteiger partial charge in [-0.3, -0.25) is 0 Å². The van der Waals surface area contributed by atoms with Crippen molar-refractivity contribution in [3.8, 4) is 11.5 Å². The zero-order chi connectivity index (χ0) is 22.7. The highest BCUT2D eigenvalue weighted by Gasteiger charge is 2.24. The van der Waals surface area contributed by atoms with Gasteiger partial charge in [-0.15, -0.1) is 0 Å². The van der Waals surface area contributed by atoms with Crippen molar-refractivity contribution in [2.45, 2.75) is 19.8 Å². The van der Waals surface area contributed by atoms with Crippen LogP contribution in [0.1, 0.15) is 25.3 Å². The molecule has 1 saturated heterocycles. The molecule has 4 rings (SSSR count). The van der Waals surface area contributed by atoms with Crippen molar-refractivity contribution in [3.63, 3.8) is 0 Å². The highest BCUT2D eigenvalue weighted by Crippen LogP contribution is 2.35. The highest BCUT2D eigenvalue weighted by molar-refractivity contribution is 5.92. The molecule has 3 aromatic rings. The third kappa shape index (κ3) is 4.39. The Morgan fingerprint density at radius 2 is 1.72 bits per heavy atom. The first-order chi connectivity index (χ1) is 15.5. The van der Waals surface area contributed by atoms with E-state index in [-0.39, 0.29) is 6.03 Å². The standard InChI is InChI=1S/C24H29N5O3/c1-16(2)17-6-5-7-18(12-17)27-24(30)29-10-8-28(9-11-29)23-19-13-21(31-3)22(32-4)14-20(19)25-15-26-23/h5-7,12-16H,8-11H2,1-4H3,(H,27,30). The molecule has 0 spiro atoms. The van der Waals surface area contributed by atoms with Gasteiger partial charge < -0.3 is 24.6 Å². The molecular weight excluding hydrogens is 406 g/mol. The highest BCUT2D eigenvalue weighted by atomic mass is 16.5. The number of rotatable bonds is 5. The summed E-state index contributed by atoms with van der Waals surface area (Å²) in [4.78, 5) is 25.7. The Kier molecular flexibility index (Phi) is 6.30. The summed E-state index contributed by atoms with van der Waals surface area (Å²) in [6, 6.07) is 11.7. The number of hydrogen-bond acceptors (Lipinski definition) is 6. The van der Waals surface area contributed by atoms with Gasteiger partial charge in [-0.25, -0.2) is 14.8 Å². The minimum Gasteiger partial charge on any atom is -0.493 e. The molecule has 0 unspecified atom stereocenters. The number of aromatic nitrogens is 2. The van der Waals surface area contributed by atoms with E-state index in [1.807, 2.05) is 35.2 Å². The van der Waals surface area contributed by atoms with Crippen LogP contribution in [-0.4, -0.2) is 61.3 Å². The van der Waals surface area contributed by atoms with Crippen molar-refractivity contribution in [2.24, 2.45) is 0 Å². The van der Waals surface area contributed by atoms with Gasteiger partial charge in [0.2, 0.25) is 0 Å². The topological polar surface area (TPSA) is 79.8 Å². The number of amides is 2. The van der Waals surface area contributed by atoms with E-state index >= 15 is 0 Å². The Bertz CT molecular complexity index is 1110. The van der Waals surface area contributed by atoms with Crippen LogP contribution in [0.25, 0.3) is 10.9 Å². The Labute approximate surface area is 188 Å². The van der Waals surface area contributed by atoms with Crippen LogP contribution in [0.15, 0.2) is 42.7 Å². The number of hydrogen-bond donors (Lipinski definition) is 1. The lowest BCUT2D eigenvalue weighted by Gasteiger charge is -2.35. The van der Waals surface area contributed by atoms with E-state index in [1.165, 1.54) is 5.56 Å². The van der Waals surface area contributed by atoms with Crippen LogP contribution in [0, 0.1) is 0 Å². The molecule has 1 N–H and O–H groups in total. The monoisotopic (exact) mass is 435 g/mol. The molecule has 32 heavy (non-hydrogen) atoms. The van der Waals surface area contributed by atoms with E-state index in [0.717, 1.165) is 22.4 Å². The van der Waals surface area contributed by atoms with Gasteiger partial charge in [-0.1, -0.05) is 26.0 Å². The molecular formula is C24H29N5O3. The first kappa shape index (κ1) is 21.7. The van der Waals surface area contributed by atoms with Gasteiger partial charge in [0.25, 0.3) is 0 Å². The number of anilines is 2. The lowest BCUT2D eigenvalue weighted by molar-refractivity contribution is 0.208. The Morgan fingerprint density at radius 3 is 2.41 bits per heavy atom. The van der Waals surface area contributed by atoms with Crippen LogP contribution >= 0.6 is 0 Å². The van der Waals surface area contributed by atoms with Crippen LogP contribution in [-0.2, 0) is 0 Å². The molecule has 0 bridgehead atoms. The predicted molar refractivity (Wildman–Crippen MR) is 126 cm³/mol. The van der Waals surface area contributed by atoms with E-state index < -0.39 is 0 Å². The molecule has 1 fully saturated rings. The van der Waals surface area contributed by atoms with Crippen molar-refractivity contribution in [1.29, 1.82) is 0 Å². The van der Waals surface area contributed by atoms with E-state index in [1.54, 1.807) is 20.5 Å². The second kappa shape index (κ2) is 9.30. The van der Waals surface area contributed by atoms with E-state index in [9.17, 15) is 4.79 Å². The fourth-order valence-electron chi connectivity index (χ4n) is 3.92. The second-order valence-electron chi connectivity index (χ2n) is 8.11. The summed E-state index contributed by atoms with van der Waals surface area (Å²) in [5.41, 5.74) is 2.82. The van der Waals surface area contributed by atoms with Crippen LogP contribution in [0.2, 0.25) is 0 Å². The average Bonchev–Trinajstić information content (AvgIpc) is 2.83. The maximum Gasteiger partial charge on any atom is 0.321 e. The average molecular weight is 436 g/mol. The fraction of sp³-hybridized carbons (Fsp3) is 0.375. The van der Waals surface area contributed by atoms with Crippen LogP contribution < -0.4 is 19.7 Å². The maximum absolute atomic E-state index is 12.8. The minimum atomic E-state index is -0.0792. The number of carbonyl (C=O) groups is 1. The molecule has 0 aliphatic carbocycles.